The van der Waals surface area contributed by atoms with E-state index in [1.54, 1.807) is 0 Å². The Balaban J connectivity index is -0.0000000436. The third-order valence-corrected chi connectivity index (χ3v) is 2.63. The van der Waals surface area contributed by atoms with Crippen LogP contribution < -0.4 is 0 Å². The van der Waals surface area contributed by atoms with Gasteiger partial charge in [-0.25, -0.2) is 0 Å². The maximum absolute atomic E-state index is 2.39. The first-order valence-corrected chi connectivity index (χ1v) is 5.63. The Morgan fingerprint density at radius 2 is 0.647 bits per heavy atom. The third kappa shape index (κ3) is 22.9. The zero-order valence-corrected chi connectivity index (χ0v) is 13.6. The maximum atomic E-state index is 2.39. The molecule has 0 aromatic rings. The van der Waals surface area contributed by atoms with Gasteiger partial charge in [0.05, 0.1) is 0 Å². The molecule has 0 aliphatic heterocycles. The Morgan fingerprint density at radius 3 is 0.706 bits per heavy atom. The van der Waals surface area contributed by atoms with Crippen LogP contribution in [-0.2, 0) is 59.9 Å². The van der Waals surface area contributed by atoms with E-state index in [0.717, 1.165) is 0 Å². The first kappa shape index (κ1) is 31.0. The van der Waals surface area contributed by atoms with Gasteiger partial charge in [0.1, 0.15) is 0 Å². The van der Waals surface area contributed by atoms with Crippen molar-refractivity contribution in [3.8, 4) is 0 Å². The predicted molar refractivity (Wildman–Crippen MR) is 56.8 cm³/mol. The van der Waals surface area contributed by atoms with E-state index in [0.29, 0.717) is 0 Å². The summed E-state index contributed by atoms with van der Waals surface area (Å²) in [5.74, 6) is 0. The smallest absolute Gasteiger partial charge is 2.00 e. The van der Waals surface area contributed by atoms with Gasteiger partial charge in [-0.15, -0.1) is 0 Å². The number of hydrogen-bond donors (Lipinski definition) is 0. The minimum absolute atomic E-state index is 0. The fourth-order valence-corrected chi connectivity index (χ4v) is 1.80. The van der Waals surface area contributed by atoms with Crippen molar-refractivity contribution >= 4 is 0 Å². The maximum Gasteiger partial charge on any atom is 4.00 e. The van der Waals surface area contributed by atoms with Gasteiger partial charge >= 0.3 is 43.4 Å². The van der Waals surface area contributed by atoms with Crippen molar-refractivity contribution in [2.24, 2.45) is 0 Å². The van der Waals surface area contributed by atoms with Crippen molar-refractivity contribution in [1.29, 1.82) is 0 Å². The summed E-state index contributed by atoms with van der Waals surface area (Å²) in [6.45, 7) is 0. The molecule has 2 rings (SSSR count). The summed E-state index contributed by atoms with van der Waals surface area (Å²) in [6, 6.07) is 0. The Morgan fingerprint density at radius 1 is 0.412 bits per heavy atom. The van der Waals surface area contributed by atoms with E-state index >= 15 is 0 Å². The first-order chi connectivity index (χ1) is 6.00. The van der Waals surface area contributed by atoms with Crippen LogP contribution in [-0.4, -0.2) is 0 Å². The molecule has 0 saturated heterocycles. The van der Waals surface area contributed by atoms with E-state index in [1.807, 2.05) is 0 Å². The Labute approximate surface area is 136 Å². The van der Waals surface area contributed by atoms with Crippen LogP contribution in [0.25, 0.3) is 0 Å². The molecule has 0 N–H and O–H groups in total. The molecular formula is C12H22O3Ti2. The van der Waals surface area contributed by atoms with Gasteiger partial charge in [0.2, 0.25) is 0 Å². The summed E-state index contributed by atoms with van der Waals surface area (Å²) in [4.78, 5) is 0. The number of rotatable bonds is 0. The fourth-order valence-electron chi connectivity index (χ4n) is 1.80. The summed E-state index contributed by atoms with van der Waals surface area (Å²) in [5.41, 5.74) is 0. The molecule has 2 saturated carbocycles. The summed E-state index contributed by atoms with van der Waals surface area (Å²) in [5, 5.41) is 0. The van der Waals surface area contributed by atoms with Crippen molar-refractivity contribution in [2.75, 3.05) is 0 Å². The second-order valence-corrected chi connectivity index (χ2v) is 3.85. The van der Waals surface area contributed by atoms with Crippen LogP contribution in [0.2, 0.25) is 0 Å². The van der Waals surface area contributed by atoms with Crippen LogP contribution in [0.4, 0.5) is 0 Å². The average molecular weight is 310 g/mol. The van der Waals surface area contributed by atoms with Crippen molar-refractivity contribution < 1.29 is 59.9 Å². The summed E-state index contributed by atoms with van der Waals surface area (Å²) in [6.07, 6.45) is 19.0. The molecule has 0 amide bonds. The molecule has 3 nitrogen and oxygen atoms in total. The van der Waals surface area contributed by atoms with Crippen molar-refractivity contribution in [2.45, 2.75) is 64.2 Å². The van der Waals surface area contributed by atoms with Gasteiger partial charge in [0.15, 0.2) is 0 Å². The van der Waals surface area contributed by atoms with Gasteiger partial charge in [-0.3, -0.25) is 0 Å². The van der Waals surface area contributed by atoms with E-state index in [9.17, 15) is 0 Å². The quantitative estimate of drug-likeness (QED) is 0.479. The van der Waals surface area contributed by atoms with Gasteiger partial charge < -0.3 is 29.3 Å². The molecule has 0 atom stereocenters. The molecule has 0 spiro atoms. The third-order valence-electron chi connectivity index (χ3n) is 2.63. The van der Waals surface area contributed by atoms with Crippen LogP contribution in [0.3, 0.4) is 0 Å². The van der Waals surface area contributed by atoms with Crippen LogP contribution in [0, 0.1) is 12.8 Å². The SMILES string of the molecule is [CH-]1CCCCC1.[CH-]1CCCCC1.[O-2].[O-2].[O-2].[Ti+4].[Ti+4]. The molecule has 5 heteroatoms. The molecule has 2 aliphatic carbocycles. The predicted octanol–water partition coefficient (Wildman–Crippen LogP) is 3.95. The normalized spacial score (nSPS) is 16.9. The Kier molecular flexibility index (Phi) is 47.3. The molecule has 96 valence electrons. The van der Waals surface area contributed by atoms with Crippen LogP contribution in [0.1, 0.15) is 64.2 Å². The van der Waals surface area contributed by atoms with Crippen molar-refractivity contribution in [1.82, 2.24) is 0 Å². The molecule has 0 aromatic heterocycles. The minimum atomic E-state index is 0. The Hall–Kier alpha value is 1.31. The minimum Gasteiger partial charge on any atom is -2.00 e. The van der Waals surface area contributed by atoms with E-state index in [2.05, 4.69) is 12.8 Å². The summed E-state index contributed by atoms with van der Waals surface area (Å²) in [7, 11) is 0. The topological polar surface area (TPSA) is 85.5 Å². The largest absolute Gasteiger partial charge is 4.00 e. The second-order valence-electron chi connectivity index (χ2n) is 3.85. The van der Waals surface area contributed by atoms with Gasteiger partial charge in [-0.1, -0.05) is 38.5 Å². The molecule has 0 radical (unpaired) electrons. The van der Waals surface area contributed by atoms with Crippen LogP contribution in [0.5, 0.6) is 0 Å². The van der Waals surface area contributed by atoms with Crippen LogP contribution in [0.15, 0.2) is 0 Å². The molecule has 0 unspecified atom stereocenters. The van der Waals surface area contributed by atoms with Gasteiger partial charge in [-0.2, -0.15) is 25.7 Å². The average Bonchev–Trinajstić information content (AvgIpc) is 2.24. The second kappa shape index (κ2) is 26.0. The summed E-state index contributed by atoms with van der Waals surface area (Å²) >= 11 is 0. The zero-order chi connectivity index (χ0) is 8.49. The number of hydrogen-bond acceptors (Lipinski definition) is 0. The molecule has 2 aliphatic rings. The molecule has 0 bridgehead atoms. The van der Waals surface area contributed by atoms with Crippen molar-refractivity contribution in [3.63, 3.8) is 0 Å². The standard InChI is InChI=1S/2C6H11.3O.2Ti/c2*1-2-4-6-5-3-1;;;;;/h2*1H,2-6H2;;;;;/q2*-1;3*-2;2*+4. The molecule has 2 fully saturated rings. The van der Waals surface area contributed by atoms with E-state index in [-0.39, 0.29) is 59.9 Å². The first-order valence-electron chi connectivity index (χ1n) is 5.63. The van der Waals surface area contributed by atoms with Gasteiger partial charge in [-0.05, 0) is 0 Å². The van der Waals surface area contributed by atoms with E-state index < -0.39 is 0 Å². The zero-order valence-electron chi connectivity index (χ0n) is 10.5. The van der Waals surface area contributed by atoms with Crippen LogP contribution >= 0.6 is 0 Å². The van der Waals surface area contributed by atoms with Gasteiger partial charge in [0, 0.05) is 0 Å². The Bertz CT molecular complexity index is 62.7. The fraction of sp³-hybridized carbons (Fsp3) is 0.833. The molecule has 0 aromatic carbocycles. The summed E-state index contributed by atoms with van der Waals surface area (Å²) < 4.78 is 0. The van der Waals surface area contributed by atoms with E-state index in [1.165, 1.54) is 64.2 Å². The van der Waals surface area contributed by atoms with E-state index in [4.69, 9.17) is 0 Å². The molecule has 17 heavy (non-hydrogen) atoms. The molecule has 0 heterocycles. The van der Waals surface area contributed by atoms with Gasteiger partial charge in [0.25, 0.3) is 0 Å². The van der Waals surface area contributed by atoms with Crippen molar-refractivity contribution in [3.05, 3.63) is 12.8 Å². The monoisotopic (exact) mass is 310 g/mol. The molecular weight excluding hydrogens is 288 g/mol.